The van der Waals surface area contributed by atoms with E-state index in [9.17, 15) is 0 Å². The number of rotatable bonds is 2. The van der Waals surface area contributed by atoms with Crippen LogP contribution in [0.4, 0.5) is 0 Å². The van der Waals surface area contributed by atoms with Gasteiger partial charge in [0.15, 0.2) is 0 Å². The van der Waals surface area contributed by atoms with Gasteiger partial charge in [-0.1, -0.05) is 122 Å². The molecule has 0 atom stereocenters. The van der Waals surface area contributed by atoms with Crippen LogP contribution in [0.15, 0.2) is 146 Å². The first-order valence-electron chi connectivity index (χ1n) is 14.2. The maximum atomic E-state index is 2.28. The van der Waals surface area contributed by atoms with Crippen molar-refractivity contribution in [2.75, 3.05) is 0 Å². The standard InChI is InChI=1S/2C20H15.2CH3.2ClH.Ge.Zr/c2*1-14-12-16-8-5-11-19(20(16)13-14)18-10-4-7-15-6-2-3-9-17(15)18;;;;;;/h2*2-13H,1H3;2*1H3;2*1H;;/q4*-1;;;;. The molecule has 0 amide bonds. The van der Waals surface area contributed by atoms with Crippen LogP contribution in [0, 0.1) is 28.7 Å². The summed E-state index contributed by atoms with van der Waals surface area (Å²) in [4.78, 5) is 0. The Bertz CT molecular complexity index is 2010. The molecule has 8 aromatic rings. The van der Waals surface area contributed by atoms with Crippen LogP contribution in [-0.4, -0.2) is 12.1 Å². The Morgan fingerprint density at radius 2 is 0.717 bits per heavy atom. The van der Waals surface area contributed by atoms with Gasteiger partial charge in [0.25, 0.3) is 0 Å². The second-order valence-electron chi connectivity index (χ2n) is 10.7. The first kappa shape index (κ1) is 39.2. The van der Waals surface area contributed by atoms with Crippen LogP contribution in [0.25, 0.3) is 65.3 Å². The van der Waals surface area contributed by atoms with Gasteiger partial charge in [-0.2, -0.15) is 12.1 Å². The summed E-state index contributed by atoms with van der Waals surface area (Å²) < 4.78 is 0. The molecule has 0 aromatic heterocycles. The Morgan fingerprint density at radius 1 is 0.413 bits per heavy atom. The molecular weight excluding hydrogens is 739 g/mol. The first-order valence-corrected chi connectivity index (χ1v) is 21.6. The molecule has 8 aromatic carbocycles. The SMILES string of the molecule is Cc1cc2c(-c3cccc4ccccc34)cccc2[cH-]1.Cc1cc2c(-c3cccc4ccccc34)cccc2[cH-]1.Cl.Cl.[CH3-].[CH3-].[Ge]=[Zr]. The van der Waals surface area contributed by atoms with Crippen LogP contribution in [0.1, 0.15) is 11.1 Å². The van der Waals surface area contributed by atoms with Crippen molar-refractivity contribution in [3.05, 3.63) is 172 Å². The van der Waals surface area contributed by atoms with E-state index in [-0.39, 0.29) is 39.7 Å². The van der Waals surface area contributed by atoms with E-state index in [0.717, 1.165) is 0 Å². The minimum absolute atomic E-state index is 0. The van der Waals surface area contributed by atoms with E-state index >= 15 is 0 Å². The van der Waals surface area contributed by atoms with Crippen LogP contribution in [0.5, 0.6) is 0 Å². The number of benzene rings is 6. The molecule has 0 spiro atoms. The van der Waals surface area contributed by atoms with Crippen molar-refractivity contribution < 1.29 is 21.6 Å². The van der Waals surface area contributed by atoms with E-state index in [2.05, 4.69) is 172 Å². The number of halogens is 2. The molecule has 0 aliphatic carbocycles. The number of fused-ring (bicyclic) bond motifs is 4. The summed E-state index contributed by atoms with van der Waals surface area (Å²) in [6.07, 6.45) is 0. The van der Waals surface area contributed by atoms with Crippen molar-refractivity contribution in [1.82, 2.24) is 0 Å². The molecule has 0 nitrogen and oxygen atoms in total. The Labute approximate surface area is 306 Å². The van der Waals surface area contributed by atoms with Crippen molar-refractivity contribution in [2.45, 2.75) is 13.8 Å². The molecular formula is C42H38Cl2GeZr-4. The quantitative estimate of drug-likeness (QED) is 0.121. The van der Waals surface area contributed by atoms with Crippen LogP contribution in [0.3, 0.4) is 0 Å². The van der Waals surface area contributed by atoms with E-state index in [1.807, 2.05) is 0 Å². The second kappa shape index (κ2) is 17.8. The van der Waals surface area contributed by atoms with E-state index < -0.39 is 0 Å². The van der Waals surface area contributed by atoms with Crippen LogP contribution < -0.4 is 0 Å². The predicted octanol–water partition coefficient (Wildman–Crippen LogP) is 12.7. The van der Waals surface area contributed by atoms with Crippen LogP contribution in [-0.2, 0) is 21.6 Å². The molecule has 2 radical (unpaired) electrons. The normalized spacial score (nSPS) is 9.85. The third-order valence-corrected chi connectivity index (χ3v) is 7.95. The van der Waals surface area contributed by atoms with Gasteiger partial charge in [0.05, 0.1) is 0 Å². The Hall–Kier alpha value is -2.93. The predicted molar refractivity (Wildman–Crippen MR) is 208 cm³/mol. The number of hydrogen-bond acceptors (Lipinski definition) is 0. The van der Waals surface area contributed by atoms with Gasteiger partial charge in [-0.15, -0.1) is 93.9 Å². The van der Waals surface area contributed by atoms with Crippen molar-refractivity contribution in [3.63, 3.8) is 0 Å². The number of hydrogen-bond donors (Lipinski definition) is 0. The minimum atomic E-state index is 0. The van der Waals surface area contributed by atoms with Gasteiger partial charge >= 0.3 is 33.7 Å². The average Bonchev–Trinajstić information content (AvgIpc) is 3.62. The first-order chi connectivity index (χ1) is 20.7. The van der Waals surface area contributed by atoms with E-state index in [1.165, 1.54) is 76.5 Å². The van der Waals surface area contributed by atoms with Crippen LogP contribution >= 0.6 is 24.8 Å². The summed E-state index contributed by atoms with van der Waals surface area (Å²) in [5.74, 6) is 0. The van der Waals surface area contributed by atoms with Crippen molar-refractivity contribution in [1.29, 1.82) is 0 Å². The molecule has 232 valence electrons. The van der Waals surface area contributed by atoms with Gasteiger partial charge in [0.2, 0.25) is 0 Å². The van der Waals surface area contributed by atoms with E-state index in [0.29, 0.717) is 0 Å². The molecule has 0 N–H and O–H groups in total. The van der Waals surface area contributed by atoms with Gasteiger partial charge in [0, 0.05) is 0 Å². The zero-order chi connectivity index (χ0) is 29.1. The second-order valence-corrected chi connectivity index (χ2v) is 10.7. The van der Waals surface area contributed by atoms with Gasteiger partial charge in [-0.25, -0.2) is 0 Å². The summed E-state index contributed by atoms with van der Waals surface area (Å²) in [5.41, 5.74) is 7.94. The molecule has 4 heteroatoms. The fourth-order valence-corrected chi connectivity index (χ4v) is 6.16. The summed E-state index contributed by atoms with van der Waals surface area (Å²) >= 11 is 3.64. The fraction of sp³-hybridized carbons (Fsp3) is 0.0476. The topological polar surface area (TPSA) is 0 Å². The van der Waals surface area contributed by atoms with Gasteiger partial charge in [-0.3, -0.25) is 0 Å². The van der Waals surface area contributed by atoms with Crippen molar-refractivity contribution in [3.8, 4) is 22.3 Å². The molecule has 0 aliphatic heterocycles. The Morgan fingerprint density at radius 3 is 1.11 bits per heavy atom. The van der Waals surface area contributed by atoms with Gasteiger partial charge in [0.1, 0.15) is 0 Å². The molecule has 0 bridgehead atoms. The fourth-order valence-electron chi connectivity index (χ4n) is 6.16. The van der Waals surface area contributed by atoms with Gasteiger partial charge in [-0.05, 0) is 32.7 Å². The van der Waals surface area contributed by atoms with E-state index in [1.54, 1.807) is 21.6 Å². The zero-order valence-electron chi connectivity index (χ0n) is 26.7. The summed E-state index contributed by atoms with van der Waals surface area (Å²) in [5, 5.41) is 10.6. The van der Waals surface area contributed by atoms with Crippen LogP contribution in [0.2, 0.25) is 0 Å². The average molecular weight is 778 g/mol. The molecule has 0 heterocycles. The molecule has 0 unspecified atom stereocenters. The molecule has 0 fully saturated rings. The zero-order valence-corrected chi connectivity index (χ0v) is 32.9. The third-order valence-electron chi connectivity index (χ3n) is 7.95. The Balaban J connectivity index is 0.000000281. The van der Waals surface area contributed by atoms with Gasteiger partial charge < -0.3 is 14.9 Å². The monoisotopic (exact) mass is 776 g/mol. The summed E-state index contributed by atoms with van der Waals surface area (Å²) in [6.45, 7) is 4.32. The summed E-state index contributed by atoms with van der Waals surface area (Å²) in [7, 11) is 0. The Kier molecular flexibility index (Phi) is 15.2. The van der Waals surface area contributed by atoms with E-state index in [4.69, 9.17) is 0 Å². The van der Waals surface area contributed by atoms with Crippen molar-refractivity contribution >= 4 is 80.0 Å². The molecule has 8 rings (SSSR count). The molecule has 0 aliphatic rings. The molecule has 46 heavy (non-hydrogen) atoms. The molecule has 0 saturated heterocycles. The maximum absolute atomic E-state index is 2.28. The molecule has 0 saturated carbocycles. The van der Waals surface area contributed by atoms with Crippen molar-refractivity contribution in [2.24, 2.45) is 0 Å². The third kappa shape index (κ3) is 7.95. The summed E-state index contributed by atoms with van der Waals surface area (Å²) in [6, 6.07) is 52.5. The number of aryl methyl sites for hydroxylation is 2.